The van der Waals surface area contributed by atoms with E-state index in [0.29, 0.717) is 47.7 Å². The molecule has 1 saturated carbocycles. The SMILES string of the molecule is C#CC[N+](C)(C)CCO[C@@H]1O[C@H](C(=O)O)[C@@H](OC(C)=O)[C@H](OC(C)=O)[C@H]1OC(C)=O.C#CC[N+](C)(C)CCO[C@@H]1O[C@H](CO[C@H]2O[C@H](OOC(C)=O)[C@H](OC(C)=O)[C@H](OC(C)=O)[C@H]2OC(C)=O)[C@@H](OC(C)=O)[C@H](OC(C)=O)[C@H]1OC(C)=O.CC(=O)OC[C@H]1O[C@@H](OCC[N+](C)(C)C2CC2)[C@H](OC(C)=O)[C@@H](OC(C)=O)[C@@H]1OC(C)=O.CC(=O)OC[C@H]1O[C@@H](OCC[N+](C)(C)CF)[C@H](OC(C)=O)[C@@H](OC(C)=O)[C@@H]1OC(C)=O. The second kappa shape index (κ2) is 60.5. The summed E-state index contributed by atoms with van der Waals surface area (Å²) >= 11 is 0. The molecule has 0 aromatic heterocycles. The number of hydrogen-bond donors (Lipinski definition) is 1. The predicted octanol–water partition coefficient (Wildman–Crippen LogP) is -1.05. The molecule has 0 spiro atoms. The van der Waals surface area contributed by atoms with Crippen LogP contribution in [0.25, 0.3) is 0 Å². The van der Waals surface area contributed by atoms with Crippen LogP contribution >= 0.6 is 0 Å². The summed E-state index contributed by atoms with van der Waals surface area (Å²) < 4.78 is 163. The Bertz CT molecular complexity index is 4470. The monoisotopic (exact) mass is 2090 g/mol. The minimum Gasteiger partial charge on any atom is -0.479 e. The highest BCUT2D eigenvalue weighted by Crippen LogP contribution is 2.38. The first kappa shape index (κ1) is 128. The lowest BCUT2D eigenvalue weighted by Gasteiger charge is -2.46. The number of likely N-dealkylation sites (N-methyl/N-ethyl adjacent to an activating group) is 4. The zero-order chi connectivity index (χ0) is 110. The zero-order valence-electron chi connectivity index (χ0n) is 86.2. The van der Waals surface area contributed by atoms with Crippen molar-refractivity contribution in [2.75, 3.05) is 149 Å². The quantitative estimate of drug-likeness (QED) is 0.0145. The maximum atomic E-state index is 13.1. The number of quaternary nitrogens is 4. The van der Waals surface area contributed by atoms with Crippen molar-refractivity contribution in [1.82, 2.24) is 0 Å². The van der Waals surface area contributed by atoms with Gasteiger partial charge in [0.1, 0.15) is 70.8 Å². The molecule has 6 aliphatic rings. The van der Waals surface area contributed by atoms with E-state index in [1.165, 1.54) is 34.6 Å². The highest BCUT2D eigenvalue weighted by Gasteiger charge is 2.60. The van der Waals surface area contributed by atoms with E-state index in [1.807, 2.05) is 28.2 Å². The first-order valence-corrected chi connectivity index (χ1v) is 45.4. The van der Waals surface area contributed by atoms with E-state index < -0.39 is 281 Å². The van der Waals surface area contributed by atoms with E-state index in [-0.39, 0.29) is 50.7 Å². The van der Waals surface area contributed by atoms with Gasteiger partial charge < -0.3 is 151 Å². The summed E-state index contributed by atoms with van der Waals surface area (Å²) in [7, 11) is 14.9. The smallest absolute Gasteiger partial charge is 0.339 e. The summed E-state index contributed by atoms with van der Waals surface area (Å²) in [5.74, 6) is -10.3. The van der Waals surface area contributed by atoms with Gasteiger partial charge in [-0.1, -0.05) is 0 Å². The highest BCUT2D eigenvalue weighted by atomic mass is 19.1. The van der Waals surface area contributed by atoms with E-state index in [9.17, 15) is 101 Å². The van der Waals surface area contributed by atoms with Crippen LogP contribution in [0.2, 0.25) is 0 Å². The predicted molar refractivity (Wildman–Crippen MR) is 474 cm³/mol. The van der Waals surface area contributed by atoms with Crippen LogP contribution in [-0.4, -0.2) is 445 Å². The molecule has 0 bridgehead atoms. The van der Waals surface area contributed by atoms with Crippen LogP contribution in [-0.2, 0) is 229 Å². The van der Waals surface area contributed by atoms with Gasteiger partial charge in [0.05, 0.1) is 95.5 Å². The Morgan fingerprint density at radius 1 is 0.283 bits per heavy atom. The number of ether oxygens (including phenoxy) is 27. The Kier molecular flexibility index (Phi) is 53.2. The second-order valence-electron chi connectivity index (χ2n) is 36.0. The number of carboxylic acid groups (broad SMARTS) is 1. The maximum absolute atomic E-state index is 13.1. The van der Waals surface area contributed by atoms with Crippen LogP contribution in [0, 0.1) is 24.7 Å². The van der Waals surface area contributed by atoms with Crippen LogP contribution in [0.1, 0.15) is 137 Å². The van der Waals surface area contributed by atoms with Gasteiger partial charge >= 0.3 is 113 Å². The van der Waals surface area contributed by atoms with Gasteiger partial charge in [-0.05, 0) is 11.8 Å². The van der Waals surface area contributed by atoms with Crippen LogP contribution in [0.5, 0.6) is 0 Å². The first-order chi connectivity index (χ1) is 67.4. The van der Waals surface area contributed by atoms with Crippen LogP contribution in [0.3, 0.4) is 0 Å². The third-order valence-electron chi connectivity index (χ3n) is 20.9. The van der Waals surface area contributed by atoms with E-state index in [2.05, 4.69) is 30.8 Å². The van der Waals surface area contributed by atoms with Gasteiger partial charge in [-0.15, -0.1) is 17.7 Å². The molecule has 54 heteroatoms. The molecule has 6 fully saturated rings. The molecule has 820 valence electrons. The zero-order valence-corrected chi connectivity index (χ0v) is 86.2. The van der Waals surface area contributed by atoms with Gasteiger partial charge in [0.15, 0.2) is 123 Å². The van der Waals surface area contributed by atoms with Crippen molar-refractivity contribution in [3.05, 3.63) is 0 Å². The standard InChI is InChI=1S/C32H46NO19.C21H34NO10.C19H31FNO10.C19H27NO10/c1-11-12-33(9,10)13-14-41-30-27(46-19(5)37)25(44-17(3)35)24(43-16(2)34)23(49-30)15-42-31-28(47-20(6)38)26(45-18(4)36)29(48-21(7)39)32(50-31)52-51-22(8)40;1-12(23)28-11-17-18(29-13(2)24)19(30-14(3)25)20(31-15(4)26)21(32-17)27-10-9-22(5,6)16-7-8-16;1-11(22)27-9-15-16(28-12(2)23)17(29-13(3)24)18(30-14(4)25)19(31-15)26-8-7-21(5,6)10-20;1-7-8-20(5,6)9-10-26-19-17(29-13(4)23)15(28-12(3)22)14(27-11(2)21)16(30-19)18(24)25/h1,23-32H,12-15H2,2-10H3;16-21H,7-11H2,1-6H3;15-19H,7-10H2,1-6H3;1,14-17,19H,8-10H2,2-6H3/q3*+1;/p+1/t23-,24-,25+,26-,27-,28-,29-,30-,31+,32-;17-,18-,19+,20-,21-;15-,16-,17+,18-,19-;14-,15-,16-,17+,19+/m1110/s1. The number of rotatable bonds is 45. The number of carboxylic acids is 1. The topological polar surface area (TPSA) is 612 Å². The number of esters is 17. The molecule has 145 heavy (non-hydrogen) atoms. The molecule has 0 amide bonds. The molecular formula is C91H139FN4O49+4. The molecule has 5 saturated heterocycles. The Hall–Kier alpha value is -11.6. The summed E-state index contributed by atoms with van der Waals surface area (Å²) in [6.45, 7) is 20.8. The van der Waals surface area contributed by atoms with E-state index >= 15 is 0 Å². The molecule has 5 aliphatic heterocycles. The third-order valence-corrected chi connectivity index (χ3v) is 20.9. The lowest BCUT2D eigenvalue weighted by atomic mass is 9.98. The molecule has 6 rings (SSSR count). The summed E-state index contributed by atoms with van der Waals surface area (Å²) in [4.78, 5) is 234. The van der Waals surface area contributed by atoms with Gasteiger partial charge in [-0.3, -0.25) is 86.4 Å². The Labute approximate surface area is 837 Å². The number of halogens is 1. The van der Waals surface area contributed by atoms with E-state index in [0.717, 1.165) is 107 Å². The van der Waals surface area contributed by atoms with Crippen molar-refractivity contribution in [2.45, 2.75) is 297 Å². The van der Waals surface area contributed by atoms with Crippen molar-refractivity contribution in [2.24, 2.45) is 0 Å². The number of alkyl halides is 1. The number of hydrogen-bond acceptors (Lipinski definition) is 48. The molecule has 1 N–H and O–H groups in total. The van der Waals surface area contributed by atoms with Gasteiger partial charge in [-0.25, -0.2) is 9.59 Å². The third kappa shape index (κ3) is 46.3. The lowest BCUT2D eigenvalue weighted by Crippen LogP contribution is -2.65. The summed E-state index contributed by atoms with van der Waals surface area (Å²) in [5.41, 5.74) is 0. The molecule has 5 heterocycles. The summed E-state index contributed by atoms with van der Waals surface area (Å²) in [6.07, 6.45) is -22.2. The van der Waals surface area contributed by atoms with Crippen molar-refractivity contribution in [3.8, 4) is 24.7 Å². The Morgan fingerprint density at radius 2 is 0.517 bits per heavy atom. The number of carbonyl (C=O) groups is 19. The number of carbonyl (C=O) groups excluding carboxylic acids is 18. The fraction of sp³-hybridized carbons (Fsp3) is 0.747. The molecule has 1 aliphatic carbocycles. The average molecular weight is 2090 g/mol. The summed E-state index contributed by atoms with van der Waals surface area (Å²) in [5, 5.41) is 9.54. The van der Waals surface area contributed by atoms with Gasteiger partial charge in [0, 0.05) is 137 Å². The minimum absolute atomic E-state index is 0.00462. The molecule has 53 nitrogen and oxygen atoms in total. The van der Waals surface area contributed by atoms with Crippen LogP contribution in [0.15, 0.2) is 0 Å². The number of aliphatic carboxylic acids is 1. The second-order valence-corrected chi connectivity index (χ2v) is 36.0. The first-order valence-electron chi connectivity index (χ1n) is 45.4. The fourth-order valence-electron chi connectivity index (χ4n) is 14.5. The number of nitrogens with zero attached hydrogens (tertiary/aromatic N) is 4. The van der Waals surface area contributed by atoms with Crippen LogP contribution in [0.4, 0.5) is 4.39 Å². The molecule has 0 unspecified atom stereocenters. The maximum Gasteiger partial charge on any atom is 0.339 e. The highest BCUT2D eigenvalue weighted by molar-refractivity contribution is 5.76. The van der Waals surface area contributed by atoms with Crippen LogP contribution < -0.4 is 0 Å². The molecule has 0 radical (unpaired) electrons. The molecule has 0 aromatic carbocycles. The van der Waals surface area contributed by atoms with Crippen molar-refractivity contribution < 1.29 is 256 Å². The van der Waals surface area contributed by atoms with E-state index in [4.69, 9.17) is 146 Å². The molecule has 0 aromatic rings. The summed E-state index contributed by atoms with van der Waals surface area (Å²) in [6, 6.07) is 0.578. The van der Waals surface area contributed by atoms with E-state index in [1.54, 1.807) is 14.1 Å². The van der Waals surface area contributed by atoms with Crippen molar-refractivity contribution in [1.29, 1.82) is 0 Å². The van der Waals surface area contributed by atoms with Gasteiger partial charge in [0.25, 0.3) is 0 Å². The normalized spacial score (nSPS) is 27.4. The Balaban J connectivity index is 0.000000513. The minimum atomic E-state index is -1.83. The fourth-order valence-corrected chi connectivity index (χ4v) is 14.5. The largest absolute Gasteiger partial charge is 0.479 e. The average Bonchev–Trinajstić information content (AvgIpc) is 1.46. The van der Waals surface area contributed by atoms with Gasteiger partial charge in [0.2, 0.25) is 19.4 Å². The molecular weight excluding hydrogens is 1950 g/mol. The lowest BCUT2D eigenvalue weighted by molar-refractivity contribution is -0.903. The Morgan fingerprint density at radius 3 is 0.779 bits per heavy atom. The number of terminal acetylenes is 2. The molecule has 25 atom stereocenters. The van der Waals surface area contributed by atoms with Crippen molar-refractivity contribution >= 4 is 113 Å². The van der Waals surface area contributed by atoms with Crippen molar-refractivity contribution in [3.63, 3.8) is 0 Å². The van der Waals surface area contributed by atoms with Gasteiger partial charge in [-0.2, -0.15) is 4.39 Å².